The molecule has 0 saturated heterocycles. The quantitative estimate of drug-likeness (QED) is 0.714. The molecule has 0 aromatic heterocycles. The van der Waals surface area contributed by atoms with E-state index in [1.165, 1.54) is 13.8 Å². The standard InChI is InChI=1S/C16H17F2NO6S/c1-5-26(22,23)19(4)15-13(24-9(2)20)14(21)16(3,25-15)10-6-11(17)8-12(18)7-10/h6-8H,5H2,1-4H3. The van der Waals surface area contributed by atoms with Gasteiger partial charge in [-0.15, -0.1) is 0 Å². The summed E-state index contributed by atoms with van der Waals surface area (Å²) in [6.45, 7) is 3.59. The molecule has 1 aliphatic rings. The number of ether oxygens (including phenoxy) is 2. The van der Waals surface area contributed by atoms with Gasteiger partial charge in [0.1, 0.15) is 11.6 Å². The summed E-state index contributed by atoms with van der Waals surface area (Å²) >= 11 is 0. The Bertz CT molecular complexity index is 891. The molecule has 0 fully saturated rings. The second-order valence-electron chi connectivity index (χ2n) is 5.72. The van der Waals surface area contributed by atoms with Crippen LogP contribution in [0.2, 0.25) is 0 Å². The van der Waals surface area contributed by atoms with Crippen molar-refractivity contribution >= 4 is 21.8 Å². The molecule has 1 aromatic rings. The van der Waals surface area contributed by atoms with Crippen LogP contribution in [0.5, 0.6) is 0 Å². The van der Waals surface area contributed by atoms with E-state index in [4.69, 9.17) is 9.47 Å². The number of halogens is 2. The van der Waals surface area contributed by atoms with E-state index in [-0.39, 0.29) is 11.3 Å². The first-order chi connectivity index (χ1) is 11.9. The van der Waals surface area contributed by atoms with Crippen LogP contribution in [0, 0.1) is 11.6 Å². The van der Waals surface area contributed by atoms with Crippen molar-refractivity contribution in [1.82, 2.24) is 4.31 Å². The molecule has 10 heteroatoms. The number of hydrogen-bond donors (Lipinski definition) is 0. The molecule has 1 aromatic carbocycles. The SMILES string of the molecule is CCS(=O)(=O)N(C)C1=C(OC(C)=O)C(=O)C(C)(c2cc(F)cc(F)c2)O1. The van der Waals surface area contributed by atoms with Crippen molar-refractivity contribution < 1.29 is 36.3 Å². The number of benzene rings is 1. The minimum Gasteiger partial charge on any atom is -0.456 e. The minimum atomic E-state index is -3.86. The normalized spacial score (nSPS) is 20.2. The molecule has 0 N–H and O–H groups in total. The zero-order valence-electron chi connectivity index (χ0n) is 14.5. The Balaban J connectivity index is 2.60. The van der Waals surface area contributed by atoms with Crippen molar-refractivity contribution in [2.75, 3.05) is 12.8 Å². The summed E-state index contributed by atoms with van der Waals surface area (Å²) in [6.07, 6.45) is 0. The molecule has 142 valence electrons. The van der Waals surface area contributed by atoms with Gasteiger partial charge in [0.05, 0.1) is 5.75 Å². The molecule has 0 aliphatic carbocycles. The van der Waals surface area contributed by atoms with E-state index in [0.29, 0.717) is 10.4 Å². The number of esters is 1. The van der Waals surface area contributed by atoms with E-state index in [1.807, 2.05) is 0 Å². The van der Waals surface area contributed by atoms with Gasteiger partial charge >= 0.3 is 5.97 Å². The fraction of sp³-hybridized carbons (Fsp3) is 0.375. The summed E-state index contributed by atoms with van der Waals surface area (Å²) in [4.78, 5) is 24.1. The first-order valence-electron chi connectivity index (χ1n) is 7.52. The maximum absolute atomic E-state index is 13.6. The highest BCUT2D eigenvalue weighted by Crippen LogP contribution is 2.41. The Kier molecular flexibility index (Phi) is 5.09. The van der Waals surface area contributed by atoms with Crippen LogP contribution in [-0.2, 0) is 34.7 Å². The second-order valence-corrected chi connectivity index (χ2v) is 8.01. The van der Waals surface area contributed by atoms with Crippen LogP contribution in [0.15, 0.2) is 29.8 Å². The third-order valence-corrected chi connectivity index (χ3v) is 5.59. The summed E-state index contributed by atoms with van der Waals surface area (Å²) in [7, 11) is -2.75. The lowest BCUT2D eigenvalue weighted by molar-refractivity contribution is -0.142. The van der Waals surface area contributed by atoms with Crippen molar-refractivity contribution in [3.63, 3.8) is 0 Å². The second kappa shape index (κ2) is 6.67. The molecule has 2 rings (SSSR count). The van der Waals surface area contributed by atoms with Crippen molar-refractivity contribution in [2.45, 2.75) is 26.4 Å². The van der Waals surface area contributed by atoms with Crippen LogP contribution >= 0.6 is 0 Å². The highest BCUT2D eigenvalue weighted by atomic mass is 32.2. The number of hydrogen-bond acceptors (Lipinski definition) is 6. The summed E-state index contributed by atoms with van der Waals surface area (Å²) in [5.74, 6) is -5.21. The fourth-order valence-corrected chi connectivity index (χ4v) is 3.14. The topological polar surface area (TPSA) is 90.0 Å². The summed E-state index contributed by atoms with van der Waals surface area (Å²) in [5.41, 5.74) is -2.16. The Morgan fingerprint density at radius 3 is 2.27 bits per heavy atom. The monoisotopic (exact) mass is 389 g/mol. The molecular weight excluding hydrogens is 372 g/mol. The predicted octanol–water partition coefficient (Wildman–Crippen LogP) is 1.79. The van der Waals surface area contributed by atoms with Crippen LogP contribution < -0.4 is 0 Å². The van der Waals surface area contributed by atoms with Crippen LogP contribution in [0.4, 0.5) is 8.78 Å². The first kappa shape index (κ1) is 19.8. The van der Waals surface area contributed by atoms with E-state index in [0.717, 1.165) is 26.1 Å². The molecule has 1 unspecified atom stereocenters. The van der Waals surface area contributed by atoms with Crippen LogP contribution in [0.3, 0.4) is 0 Å². The lowest BCUT2D eigenvalue weighted by Gasteiger charge is -2.26. The smallest absolute Gasteiger partial charge is 0.308 e. The molecule has 1 aliphatic heterocycles. The van der Waals surface area contributed by atoms with Gasteiger partial charge in [0.25, 0.3) is 11.7 Å². The van der Waals surface area contributed by atoms with Gasteiger partial charge in [0.2, 0.25) is 15.8 Å². The molecular formula is C16H17F2NO6S. The van der Waals surface area contributed by atoms with E-state index >= 15 is 0 Å². The number of rotatable bonds is 5. The molecule has 0 saturated carbocycles. The summed E-state index contributed by atoms with van der Waals surface area (Å²) in [6, 6.07) is 2.37. The fourth-order valence-electron chi connectivity index (χ4n) is 2.38. The third kappa shape index (κ3) is 3.41. The number of nitrogens with zero attached hydrogens (tertiary/aromatic N) is 1. The van der Waals surface area contributed by atoms with Gasteiger partial charge in [0, 0.05) is 25.6 Å². The minimum absolute atomic E-state index is 0.193. The van der Waals surface area contributed by atoms with Gasteiger partial charge in [-0.2, -0.15) is 0 Å². The van der Waals surface area contributed by atoms with Crippen molar-refractivity contribution in [3.8, 4) is 0 Å². The van der Waals surface area contributed by atoms with Gasteiger partial charge in [0.15, 0.2) is 5.60 Å². The average Bonchev–Trinajstić information content (AvgIpc) is 2.79. The molecule has 1 heterocycles. The largest absolute Gasteiger partial charge is 0.456 e. The van der Waals surface area contributed by atoms with Gasteiger partial charge < -0.3 is 9.47 Å². The molecule has 26 heavy (non-hydrogen) atoms. The number of ketones is 1. The van der Waals surface area contributed by atoms with Crippen LogP contribution in [-0.4, -0.2) is 37.3 Å². The molecule has 0 amide bonds. The predicted molar refractivity (Wildman–Crippen MR) is 85.8 cm³/mol. The lowest BCUT2D eigenvalue weighted by Crippen LogP contribution is -2.33. The number of carbonyl (C=O) groups is 2. The first-order valence-corrected chi connectivity index (χ1v) is 9.13. The lowest BCUT2D eigenvalue weighted by atomic mass is 9.91. The van der Waals surface area contributed by atoms with E-state index in [9.17, 15) is 26.8 Å². The Labute approximate surface area is 149 Å². The highest BCUT2D eigenvalue weighted by Gasteiger charge is 2.52. The molecule has 0 spiro atoms. The molecule has 1 atom stereocenters. The van der Waals surface area contributed by atoms with Gasteiger partial charge in [-0.3, -0.25) is 9.59 Å². The Morgan fingerprint density at radius 2 is 1.81 bits per heavy atom. The third-order valence-electron chi connectivity index (χ3n) is 3.86. The van der Waals surface area contributed by atoms with Crippen LogP contribution in [0.1, 0.15) is 26.3 Å². The zero-order chi connectivity index (χ0) is 19.9. The van der Waals surface area contributed by atoms with Gasteiger partial charge in [-0.1, -0.05) is 0 Å². The van der Waals surface area contributed by atoms with Gasteiger partial charge in [-0.05, 0) is 26.0 Å². The maximum Gasteiger partial charge on any atom is 0.308 e. The number of carbonyl (C=O) groups excluding carboxylic acids is 2. The van der Waals surface area contributed by atoms with Crippen LogP contribution in [0.25, 0.3) is 0 Å². The number of Topliss-reactive ketones (excluding diaryl/α,β-unsaturated/α-hetero) is 1. The van der Waals surface area contributed by atoms with Gasteiger partial charge in [-0.25, -0.2) is 21.5 Å². The summed E-state index contributed by atoms with van der Waals surface area (Å²) < 4.78 is 62.4. The van der Waals surface area contributed by atoms with E-state index < -0.39 is 50.7 Å². The Morgan fingerprint density at radius 1 is 1.27 bits per heavy atom. The van der Waals surface area contributed by atoms with Crippen molar-refractivity contribution in [3.05, 3.63) is 47.0 Å². The van der Waals surface area contributed by atoms with Crippen molar-refractivity contribution in [1.29, 1.82) is 0 Å². The molecule has 7 nitrogen and oxygen atoms in total. The summed E-state index contributed by atoms with van der Waals surface area (Å²) in [5, 5.41) is 0. The van der Waals surface area contributed by atoms with E-state index in [2.05, 4.69) is 0 Å². The maximum atomic E-state index is 13.6. The molecule has 0 radical (unpaired) electrons. The Hall–Kier alpha value is -2.49. The number of sulfonamides is 1. The van der Waals surface area contributed by atoms with E-state index in [1.54, 1.807) is 0 Å². The highest BCUT2D eigenvalue weighted by molar-refractivity contribution is 7.89. The zero-order valence-corrected chi connectivity index (χ0v) is 15.3. The van der Waals surface area contributed by atoms with Crippen molar-refractivity contribution in [2.24, 2.45) is 0 Å². The molecule has 0 bridgehead atoms. The average molecular weight is 389 g/mol.